The molecule has 1 aliphatic heterocycles. The number of ether oxygens (including phenoxy) is 2. The number of rotatable bonds is 2. The van der Waals surface area contributed by atoms with E-state index in [0.29, 0.717) is 13.2 Å². The first-order valence-corrected chi connectivity index (χ1v) is 7.85. The maximum Gasteiger partial charge on any atom is 0.175 e. The molecule has 2 aliphatic rings. The lowest BCUT2D eigenvalue weighted by Gasteiger charge is -2.30. The first-order valence-electron chi connectivity index (χ1n) is 7.05. The fourth-order valence-electron chi connectivity index (χ4n) is 3.25. The maximum atomic E-state index is 6.08. The Labute approximate surface area is 122 Å². The molecule has 2 N–H and O–H groups in total. The van der Waals surface area contributed by atoms with Crippen molar-refractivity contribution in [1.29, 1.82) is 0 Å². The molecule has 0 amide bonds. The molecule has 1 heterocycles. The van der Waals surface area contributed by atoms with E-state index in [9.17, 15) is 0 Å². The van der Waals surface area contributed by atoms with Crippen LogP contribution < -0.4 is 15.2 Å². The van der Waals surface area contributed by atoms with Crippen molar-refractivity contribution in [2.24, 2.45) is 5.73 Å². The van der Waals surface area contributed by atoms with Crippen molar-refractivity contribution in [3.63, 3.8) is 0 Å². The molecule has 1 aromatic rings. The molecule has 19 heavy (non-hydrogen) atoms. The molecular weight excluding hydrogens is 306 g/mol. The second-order valence-corrected chi connectivity index (χ2v) is 6.29. The number of hydrogen-bond donors (Lipinski definition) is 1. The van der Waals surface area contributed by atoms with Gasteiger partial charge in [0.25, 0.3) is 0 Å². The second kappa shape index (κ2) is 5.33. The van der Waals surface area contributed by atoms with E-state index in [1.165, 1.54) is 31.2 Å². The average Bonchev–Trinajstić information content (AvgIpc) is 2.78. The maximum absolute atomic E-state index is 6.08. The van der Waals surface area contributed by atoms with Gasteiger partial charge in [0.15, 0.2) is 11.5 Å². The molecule has 1 aromatic carbocycles. The summed E-state index contributed by atoms with van der Waals surface area (Å²) in [5.41, 5.74) is 7.49. The second-order valence-electron chi connectivity index (χ2n) is 5.50. The zero-order valence-electron chi connectivity index (χ0n) is 11.1. The molecule has 0 atom stereocenters. The Hall–Kier alpha value is -0.740. The lowest BCUT2D eigenvalue weighted by atomic mass is 9.79. The summed E-state index contributed by atoms with van der Waals surface area (Å²) in [6, 6.07) is 4.20. The van der Waals surface area contributed by atoms with Gasteiger partial charge >= 0.3 is 0 Å². The summed E-state index contributed by atoms with van der Waals surface area (Å²) in [6.45, 7) is 2.14. The summed E-state index contributed by atoms with van der Waals surface area (Å²) >= 11 is 3.73. The van der Waals surface area contributed by atoms with Crippen LogP contribution >= 0.6 is 15.9 Å². The first kappa shape index (κ1) is 13.3. The molecule has 4 heteroatoms. The van der Waals surface area contributed by atoms with Gasteiger partial charge < -0.3 is 15.2 Å². The molecule has 104 valence electrons. The minimum atomic E-state index is 0.115. The molecule has 0 saturated heterocycles. The summed E-state index contributed by atoms with van der Waals surface area (Å²) in [7, 11) is 0. The predicted molar refractivity (Wildman–Crippen MR) is 78.9 cm³/mol. The molecule has 3 rings (SSSR count). The Morgan fingerprint density at radius 2 is 1.84 bits per heavy atom. The van der Waals surface area contributed by atoms with Crippen LogP contribution in [-0.4, -0.2) is 19.8 Å². The van der Waals surface area contributed by atoms with Crippen molar-refractivity contribution in [2.75, 3.05) is 19.8 Å². The Morgan fingerprint density at radius 3 is 2.58 bits per heavy atom. The molecule has 0 radical (unpaired) electrons. The quantitative estimate of drug-likeness (QED) is 0.906. The van der Waals surface area contributed by atoms with Crippen molar-refractivity contribution in [3.05, 3.63) is 22.2 Å². The van der Waals surface area contributed by atoms with Gasteiger partial charge in [-0.1, -0.05) is 18.9 Å². The fraction of sp³-hybridized carbons (Fsp3) is 0.600. The van der Waals surface area contributed by atoms with Crippen LogP contribution in [0.1, 0.15) is 37.7 Å². The minimum absolute atomic E-state index is 0.115. The lowest BCUT2D eigenvalue weighted by molar-refractivity contribution is 0.296. The van der Waals surface area contributed by atoms with Crippen molar-refractivity contribution in [3.8, 4) is 11.5 Å². The van der Waals surface area contributed by atoms with E-state index >= 15 is 0 Å². The molecule has 1 aliphatic carbocycles. The molecule has 0 aromatic heterocycles. The van der Waals surface area contributed by atoms with Gasteiger partial charge in [-0.2, -0.15) is 0 Å². The summed E-state index contributed by atoms with van der Waals surface area (Å²) < 4.78 is 12.6. The smallest absolute Gasteiger partial charge is 0.175 e. The Kier molecular flexibility index (Phi) is 3.72. The number of fused-ring (bicyclic) bond motifs is 1. The summed E-state index contributed by atoms with van der Waals surface area (Å²) in [6.07, 6.45) is 5.79. The van der Waals surface area contributed by atoms with Crippen molar-refractivity contribution < 1.29 is 9.47 Å². The SMILES string of the molecule is NCC1(c2ccc3c(c2Br)OCCCO3)CCCC1. The third kappa shape index (κ3) is 2.25. The van der Waals surface area contributed by atoms with Crippen LogP contribution in [0.2, 0.25) is 0 Å². The summed E-state index contributed by atoms with van der Waals surface area (Å²) in [5, 5.41) is 0. The van der Waals surface area contributed by atoms with Crippen LogP contribution in [0.5, 0.6) is 11.5 Å². The number of nitrogens with two attached hydrogens (primary N) is 1. The average molecular weight is 326 g/mol. The van der Waals surface area contributed by atoms with Gasteiger partial charge in [-0.15, -0.1) is 0 Å². The molecule has 3 nitrogen and oxygen atoms in total. The molecule has 1 fully saturated rings. The number of hydrogen-bond acceptors (Lipinski definition) is 3. The normalized spacial score (nSPS) is 21.2. The number of benzene rings is 1. The highest BCUT2D eigenvalue weighted by Gasteiger charge is 2.37. The summed E-state index contributed by atoms with van der Waals surface area (Å²) in [4.78, 5) is 0. The Bertz CT molecular complexity index is 469. The number of halogens is 1. The predicted octanol–water partition coefficient (Wildman–Crippen LogP) is 3.38. The molecule has 0 spiro atoms. The van der Waals surface area contributed by atoms with Gasteiger partial charge in [-0.3, -0.25) is 0 Å². The van der Waals surface area contributed by atoms with E-state index < -0.39 is 0 Å². The van der Waals surface area contributed by atoms with Crippen molar-refractivity contribution >= 4 is 15.9 Å². The monoisotopic (exact) mass is 325 g/mol. The van der Waals surface area contributed by atoms with Crippen LogP contribution in [0.3, 0.4) is 0 Å². The third-order valence-electron chi connectivity index (χ3n) is 4.38. The minimum Gasteiger partial charge on any atom is -0.490 e. The van der Waals surface area contributed by atoms with Gasteiger partial charge in [0.1, 0.15) is 0 Å². The lowest BCUT2D eigenvalue weighted by Crippen LogP contribution is -2.32. The van der Waals surface area contributed by atoms with Gasteiger partial charge in [-0.25, -0.2) is 0 Å². The zero-order valence-corrected chi connectivity index (χ0v) is 12.7. The van der Waals surface area contributed by atoms with E-state index in [2.05, 4.69) is 22.0 Å². The van der Waals surface area contributed by atoms with E-state index in [1.54, 1.807) is 0 Å². The zero-order chi connectivity index (χ0) is 13.3. The fourth-order valence-corrected chi connectivity index (χ4v) is 4.11. The molecule has 0 bridgehead atoms. The highest BCUT2D eigenvalue weighted by molar-refractivity contribution is 9.10. The summed E-state index contributed by atoms with van der Waals surface area (Å²) in [5.74, 6) is 1.70. The van der Waals surface area contributed by atoms with Gasteiger partial charge in [0.2, 0.25) is 0 Å². The van der Waals surface area contributed by atoms with E-state index in [-0.39, 0.29) is 5.41 Å². The first-order chi connectivity index (χ1) is 9.27. The van der Waals surface area contributed by atoms with Crippen LogP contribution in [0.25, 0.3) is 0 Å². The van der Waals surface area contributed by atoms with Crippen molar-refractivity contribution in [1.82, 2.24) is 0 Å². The van der Waals surface area contributed by atoms with Gasteiger partial charge in [0.05, 0.1) is 17.7 Å². The van der Waals surface area contributed by atoms with Gasteiger partial charge in [0, 0.05) is 18.4 Å². The standard InChI is InChI=1S/C15H20BrNO2/c16-13-11(15(10-17)6-1-2-7-15)4-5-12-14(13)19-9-3-8-18-12/h4-5H,1-3,6-10,17H2. The Morgan fingerprint density at radius 1 is 1.11 bits per heavy atom. The van der Waals surface area contributed by atoms with Crippen molar-refractivity contribution in [2.45, 2.75) is 37.5 Å². The topological polar surface area (TPSA) is 44.5 Å². The third-order valence-corrected chi connectivity index (χ3v) is 5.16. The molecule has 0 unspecified atom stereocenters. The van der Waals surface area contributed by atoms with E-state index in [0.717, 1.165) is 29.0 Å². The van der Waals surface area contributed by atoms with Crippen LogP contribution in [0.4, 0.5) is 0 Å². The molecular formula is C15H20BrNO2. The highest BCUT2D eigenvalue weighted by atomic mass is 79.9. The largest absolute Gasteiger partial charge is 0.490 e. The van der Waals surface area contributed by atoms with Crippen LogP contribution in [-0.2, 0) is 5.41 Å². The molecule has 1 saturated carbocycles. The van der Waals surface area contributed by atoms with Gasteiger partial charge in [-0.05, 0) is 40.4 Å². The van der Waals surface area contributed by atoms with Crippen LogP contribution in [0.15, 0.2) is 16.6 Å². The van der Waals surface area contributed by atoms with Crippen LogP contribution in [0, 0.1) is 0 Å². The van der Waals surface area contributed by atoms with E-state index in [4.69, 9.17) is 15.2 Å². The Balaban J connectivity index is 2.05. The highest BCUT2D eigenvalue weighted by Crippen LogP contribution is 2.48. The van der Waals surface area contributed by atoms with E-state index in [1.807, 2.05) is 6.07 Å².